The van der Waals surface area contributed by atoms with Crippen molar-refractivity contribution in [1.82, 2.24) is 4.98 Å². The number of thiazole rings is 1. The summed E-state index contributed by atoms with van der Waals surface area (Å²) in [5.41, 5.74) is 7.88. The molecule has 128 valence electrons. The van der Waals surface area contributed by atoms with Gasteiger partial charge in [0, 0.05) is 10.9 Å². The zero-order chi connectivity index (χ0) is 17.6. The zero-order valence-electron chi connectivity index (χ0n) is 13.6. The number of nitrogens with two attached hydrogens (primary N) is 1. The van der Waals surface area contributed by atoms with E-state index in [1.54, 1.807) is 19.2 Å². The van der Waals surface area contributed by atoms with Gasteiger partial charge in [0.25, 0.3) is 5.91 Å². The number of ether oxygens (including phenoxy) is 2. The van der Waals surface area contributed by atoms with Crippen LogP contribution in [-0.4, -0.2) is 24.6 Å². The van der Waals surface area contributed by atoms with Crippen LogP contribution in [0, 0.1) is 0 Å². The Bertz CT molecular complexity index is 879. The van der Waals surface area contributed by atoms with Crippen molar-refractivity contribution in [3.05, 3.63) is 53.9 Å². The number of nitrogens with one attached hydrogen (secondary N) is 1. The maximum atomic E-state index is 12.3. The van der Waals surface area contributed by atoms with E-state index < -0.39 is 0 Å². The van der Waals surface area contributed by atoms with Crippen molar-refractivity contribution >= 4 is 28.1 Å². The number of anilines is 2. The Morgan fingerprint density at radius 2 is 1.88 bits per heavy atom. The predicted molar refractivity (Wildman–Crippen MR) is 99.1 cm³/mol. The lowest BCUT2D eigenvalue weighted by molar-refractivity contribution is -0.118. The van der Waals surface area contributed by atoms with Crippen LogP contribution in [-0.2, 0) is 4.79 Å². The van der Waals surface area contributed by atoms with Crippen LogP contribution in [0.3, 0.4) is 0 Å². The standard InChI is InChI=1S/C18H17N3O3S/c1-23-15-8-4-5-9-16(15)24-10-17(22)20-13-7-3-2-6-12(13)14-11-25-18(19)21-14/h2-9,11H,10H2,1H3,(H2,19,21)(H,20,22). The number of hydrogen-bond acceptors (Lipinski definition) is 6. The van der Waals surface area contributed by atoms with E-state index in [4.69, 9.17) is 15.2 Å². The molecule has 0 bridgehead atoms. The van der Waals surface area contributed by atoms with E-state index in [2.05, 4.69) is 10.3 Å². The minimum absolute atomic E-state index is 0.131. The summed E-state index contributed by atoms with van der Waals surface area (Å²) in [5, 5.41) is 5.18. The Hall–Kier alpha value is -3.06. The van der Waals surface area contributed by atoms with E-state index >= 15 is 0 Å². The van der Waals surface area contributed by atoms with E-state index in [1.807, 2.05) is 41.8 Å². The van der Waals surface area contributed by atoms with Gasteiger partial charge in [0.15, 0.2) is 23.2 Å². The molecule has 3 aromatic rings. The first-order chi connectivity index (χ1) is 12.2. The minimum Gasteiger partial charge on any atom is -0.493 e. The van der Waals surface area contributed by atoms with Crippen molar-refractivity contribution in [2.45, 2.75) is 0 Å². The molecule has 0 spiro atoms. The number of nitrogen functional groups attached to an aromatic ring is 1. The monoisotopic (exact) mass is 355 g/mol. The summed E-state index contributed by atoms with van der Waals surface area (Å²) in [6, 6.07) is 14.6. The molecule has 1 aromatic heterocycles. The number of amides is 1. The third-order valence-corrected chi connectivity index (χ3v) is 4.10. The highest BCUT2D eigenvalue weighted by molar-refractivity contribution is 7.13. The normalized spacial score (nSPS) is 10.3. The molecule has 3 N–H and O–H groups in total. The summed E-state index contributed by atoms with van der Waals surface area (Å²) in [5.74, 6) is 0.816. The second-order valence-electron chi connectivity index (χ2n) is 5.10. The largest absolute Gasteiger partial charge is 0.493 e. The van der Waals surface area contributed by atoms with Crippen molar-refractivity contribution < 1.29 is 14.3 Å². The number of para-hydroxylation sites is 3. The SMILES string of the molecule is COc1ccccc1OCC(=O)Nc1ccccc1-c1csc(N)n1. The summed E-state index contributed by atoms with van der Waals surface area (Å²) in [7, 11) is 1.55. The van der Waals surface area contributed by atoms with E-state index in [1.165, 1.54) is 11.3 Å². The first-order valence-electron chi connectivity index (χ1n) is 7.53. The van der Waals surface area contributed by atoms with Crippen molar-refractivity contribution in [3.63, 3.8) is 0 Å². The van der Waals surface area contributed by atoms with Crippen molar-refractivity contribution in [1.29, 1.82) is 0 Å². The van der Waals surface area contributed by atoms with E-state index in [0.29, 0.717) is 22.3 Å². The lowest BCUT2D eigenvalue weighted by atomic mass is 10.1. The van der Waals surface area contributed by atoms with E-state index in [0.717, 1.165) is 11.3 Å². The number of rotatable bonds is 6. The molecule has 0 aliphatic heterocycles. The summed E-state index contributed by atoms with van der Waals surface area (Å²) >= 11 is 1.35. The van der Waals surface area contributed by atoms with Gasteiger partial charge in [-0.1, -0.05) is 30.3 Å². The van der Waals surface area contributed by atoms with Gasteiger partial charge in [0.2, 0.25) is 0 Å². The van der Waals surface area contributed by atoms with Crippen molar-refractivity contribution in [2.24, 2.45) is 0 Å². The number of carbonyl (C=O) groups is 1. The molecule has 25 heavy (non-hydrogen) atoms. The van der Waals surface area contributed by atoms with Gasteiger partial charge in [0.1, 0.15) is 0 Å². The average molecular weight is 355 g/mol. The molecule has 1 heterocycles. The molecule has 6 nitrogen and oxygen atoms in total. The van der Waals surface area contributed by atoms with E-state index in [-0.39, 0.29) is 12.5 Å². The highest BCUT2D eigenvalue weighted by Gasteiger charge is 2.12. The molecule has 0 radical (unpaired) electrons. The third-order valence-electron chi connectivity index (χ3n) is 3.43. The molecule has 2 aromatic carbocycles. The fraction of sp³-hybridized carbons (Fsp3) is 0.111. The second kappa shape index (κ2) is 7.67. The second-order valence-corrected chi connectivity index (χ2v) is 5.99. The lowest BCUT2D eigenvalue weighted by Crippen LogP contribution is -2.20. The minimum atomic E-state index is -0.276. The van der Waals surface area contributed by atoms with Crippen LogP contribution in [0.1, 0.15) is 0 Å². The molecule has 0 unspecified atom stereocenters. The molecule has 0 saturated carbocycles. The van der Waals surface area contributed by atoms with Gasteiger partial charge in [-0.25, -0.2) is 4.98 Å². The number of hydrogen-bond donors (Lipinski definition) is 2. The van der Waals surface area contributed by atoms with Gasteiger partial charge in [-0.2, -0.15) is 0 Å². The Morgan fingerprint density at radius 3 is 2.60 bits per heavy atom. The summed E-state index contributed by atoms with van der Waals surface area (Å²) < 4.78 is 10.7. The Morgan fingerprint density at radius 1 is 1.16 bits per heavy atom. The smallest absolute Gasteiger partial charge is 0.262 e. The molecule has 0 atom stereocenters. The van der Waals surface area contributed by atoms with Gasteiger partial charge in [0.05, 0.1) is 18.5 Å². The summed E-state index contributed by atoms with van der Waals surface area (Å²) in [6.07, 6.45) is 0. The maximum Gasteiger partial charge on any atom is 0.262 e. The maximum absolute atomic E-state index is 12.3. The predicted octanol–water partition coefficient (Wildman–Crippen LogP) is 3.42. The number of aromatic nitrogens is 1. The Balaban J connectivity index is 1.69. The highest BCUT2D eigenvalue weighted by Crippen LogP contribution is 2.30. The van der Waals surface area contributed by atoms with Crippen molar-refractivity contribution in [3.8, 4) is 22.8 Å². The van der Waals surface area contributed by atoms with Crippen LogP contribution in [0.25, 0.3) is 11.3 Å². The molecular weight excluding hydrogens is 338 g/mol. The molecular formula is C18H17N3O3S. The average Bonchev–Trinajstić information content (AvgIpc) is 3.07. The Kier molecular flexibility index (Phi) is 5.15. The fourth-order valence-corrected chi connectivity index (χ4v) is 2.86. The van der Waals surface area contributed by atoms with Crippen molar-refractivity contribution in [2.75, 3.05) is 24.8 Å². The lowest BCUT2D eigenvalue weighted by Gasteiger charge is -2.12. The highest BCUT2D eigenvalue weighted by atomic mass is 32.1. The summed E-state index contributed by atoms with van der Waals surface area (Å²) in [4.78, 5) is 16.5. The third kappa shape index (κ3) is 4.07. The van der Waals surface area contributed by atoms with Gasteiger partial charge < -0.3 is 20.5 Å². The van der Waals surface area contributed by atoms with Gasteiger partial charge in [-0.15, -0.1) is 11.3 Å². The number of carbonyl (C=O) groups excluding carboxylic acids is 1. The van der Waals surface area contributed by atoms with Crippen LogP contribution in [0.2, 0.25) is 0 Å². The molecule has 0 aliphatic carbocycles. The molecule has 0 saturated heterocycles. The quantitative estimate of drug-likeness (QED) is 0.707. The zero-order valence-corrected chi connectivity index (χ0v) is 14.4. The Labute approximate surface area is 149 Å². The molecule has 0 aliphatic rings. The summed E-state index contributed by atoms with van der Waals surface area (Å²) in [6.45, 7) is -0.131. The van der Waals surface area contributed by atoms with Crippen LogP contribution in [0.4, 0.5) is 10.8 Å². The van der Waals surface area contributed by atoms with Gasteiger partial charge >= 0.3 is 0 Å². The molecule has 7 heteroatoms. The fourth-order valence-electron chi connectivity index (χ4n) is 2.29. The molecule has 1 amide bonds. The van der Waals surface area contributed by atoms with Gasteiger partial charge in [-0.3, -0.25) is 4.79 Å². The van der Waals surface area contributed by atoms with Crippen LogP contribution in [0.15, 0.2) is 53.9 Å². The number of methoxy groups -OCH3 is 1. The number of benzene rings is 2. The molecule has 3 rings (SSSR count). The van der Waals surface area contributed by atoms with E-state index in [9.17, 15) is 4.79 Å². The number of nitrogens with zero attached hydrogens (tertiary/aromatic N) is 1. The van der Waals surface area contributed by atoms with Crippen LogP contribution in [0.5, 0.6) is 11.5 Å². The topological polar surface area (TPSA) is 86.5 Å². The van der Waals surface area contributed by atoms with Crippen LogP contribution < -0.4 is 20.5 Å². The first kappa shape index (κ1) is 16.8. The van der Waals surface area contributed by atoms with Crippen LogP contribution >= 0.6 is 11.3 Å². The van der Waals surface area contributed by atoms with Gasteiger partial charge in [-0.05, 0) is 18.2 Å². The molecule has 0 fully saturated rings. The first-order valence-corrected chi connectivity index (χ1v) is 8.41.